The number of anilines is 2. The van der Waals surface area contributed by atoms with Crippen LogP contribution in [0.5, 0.6) is 5.75 Å². The number of carboxylic acid groups (broad SMARTS) is 2. The summed E-state index contributed by atoms with van der Waals surface area (Å²) < 4.78 is 5.19. The van der Waals surface area contributed by atoms with Gasteiger partial charge in [-0.2, -0.15) is 0 Å². The van der Waals surface area contributed by atoms with Crippen LogP contribution in [0.4, 0.5) is 11.4 Å². The third-order valence-electron chi connectivity index (χ3n) is 2.30. The number of carbonyl (C=O) groups is 2. The van der Waals surface area contributed by atoms with Crippen LogP contribution in [0.15, 0.2) is 12.1 Å². The van der Waals surface area contributed by atoms with Gasteiger partial charge in [-0.15, -0.1) is 0 Å². The van der Waals surface area contributed by atoms with Crippen LogP contribution in [0, 0.1) is 6.92 Å². The number of carboxylic acids is 2. The highest BCUT2D eigenvalue weighted by molar-refractivity contribution is 5.80. The van der Waals surface area contributed by atoms with Gasteiger partial charge in [-0.25, -0.2) is 0 Å². The predicted octanol–water partition coefficient (Wildman–Crippen LogP) is 0.997. The maximum atomic E-state index is 10.6. The summed E-state index contributed by atoms with van der Waals surface area (Å²) in [7, 11) is 1.43. The third-order valence-corrected chi connectivity index (χ3v) is 2.30. The van der Waals surface area contributed by atoms with Gasteiger partial charge in [-0.1, -0.05) is 0 Å². The third kappa shape index (κ3) is 4.38. The molecule has 104 valence electrons. The number of ether oxygens (including phenoxy) is 1. The fourth-order valence-corrected chi connectivity index (χ4v) is 1.60. The Bertz CT molecular complexity index is 448. The zero-order chi connectivity index (χ0) is 14.4. The first-order valence-corrected chi connectivity index (χ1v) is 5.54. The number of benzene rings is 1. The van der Waals surface area contributed by atoms with Crippen molar-refractivity contribution >= 4 is 23.3 Å². The van der Waals surface area contributed by atoms with Crippen molar-refractivity contribution in [2.75, 3.05) is 30.8 Å². The topological polar surface area (TPSA) is 108 Å². The Kier molecular flexibility index (Phi) is 4.99. The van der Waals surface area contributed by atoms with Crippen molar-refractivity contribution in [3.63, 3.8) is 0 Å². The van der Waals surface area contributed by atoms with E-state index in [2.05, 4.69) is 10.6 Å². The lowest BCUT2D eigenvalue weighted by Crippen LogP contribution is -2.15. The molecule has 0 bridgehead atoms. The van der Waals surface area contributed by atoms with Crippen LogP contribution in [0.2, 0.25) is 0 Å². The molecule has 19 heavy (non-hydrogen) atoms. The molecular weight excluding hydrogens is 252 g/mol. The Labute approximate surface area is 110 Å². The summed E-state index contributed by atoms with van der Waals surface area (Å²) in [6.07, 6.45) is 0. The molecule has 0 spiro atoms. The molecule has 1 rings (SSSR count). The monoisotopic (exact) mass is 268 g/mol. The minimum atomic E-state index is -0.997. The average molecular weight is 268 g/mol. The van der Waals surface area contributed by atoms with Gasteiger partial charge in [0, 0.05) is 0 Å². The van der Waals surface area contributed by atoms with E-state index in [9.17, 15) is 9.59 Å². The molecule has 7 heteroatoms. The number of aryl methyl sites for hydroxylation is 1. The molecule has 0 radical (unpaired) electrons. The van der Waals surface area contributed by atoms with Gasteiger partial charge in [0.05, 0.1) is 18.5 Å². The summed E-state index contributed by atoms with van der Waals surface area (Å²) in [5.41, 5.74) is 1.84. The van der Waals surface area contributed by atoms with Crippen LogP contribution >= 0.6 is 0 Å². The fourth-order valence-electron chi connectivity index (χ4n) is 1.60. The number of hydrogen-bond acceptors (Lipinski definition) is 5. The minimum absolute atomic E-state index is 0.252. The number of methoxy groups -OCH3 is 1. The predicted molar refractivity (Wildman–Crippen MR) is 70.0 cm³/mol. The summed E-state index contributed by atoms with van der Waals surface area (Å²) >= 11 is 0. The second-order valence-corrected chi connectivity index (χ2v) is 3.89. The molecular formula is C12H16N2O5. The number of aliphatic carboxylic acids is 2. The van der Waals surface area contributed by atoms with Gasteiger partial charge in [0.25, 0.3) is 0 Å². The van der Waals surface area contributed by atoms with Crippen LogP contribution in [-0.4, -0.2) is 42.4 Å². The number of rotatable bonds is 7. The maximum Gasteiger partial charge on any atom is 0.322 e. The second-order valence-electron chi connectivity index (χ2n) is 3.89. The van der Waals surface area contributed by atoms with Gasteiger partial charge in [0.2, 0.25) is 0 Å². The first-order chi connectivity index (χ1) is 8.93. The lowest BCUT2D eigenvalue weighted by Gasteiger charge is -2.16. The Morgan fingerprint density at radius 2 is 1.53 bits per heavy atom. The number of nitrogens with one attached hydrogen (secondary N) is 2. The molecule has 0 aromatic heterocycles. The molecule has 0 aliphatic rings. The quantitative estimate of drug-likeness (QED) is 0.584. The lowest BCUT2D eigenvalue weighted by atomic mass is 10.1. The summed E-state index contributed by atoms with van der Waals surface area (Å²) in [5, 5.41) is 22.8. The molecule has 0 atom stereocenters. The summed E-state index contributed by atoms with van der Waals surface area (Å²) in [5.74, 6) is -1.61. The molecule has 0 heterocycles. The van der Waals surface area contributed by atoms with Gasteiger partial charge in [0.1, 0.15) is 13.1 Å². The largest absolute Gasteiger partial charge is 0.492 e. The Balaban J connectivity index is 3.01. The first-order valence-electron chi connectivity index (χ1n) is 5.54. The van der Waals surface area contributed by atoms with Gasteiger partial charge in [-0.3, -0.25) is 9.59 Å². The van der Waals surface area contributed by atoms with Crippen molar-refractivity contribution < 1.29 is 24.5 Å². The van der Waals surface area contributed by atoms with Crippen LogP contribution in [0.3, 0.4) is 0 Å². The SMILES string of the molecule is COc1c(NCC(=O)O)cc(C)cc1NCC(=O)O. The lowest BCUT2D eigenvalue weighted by molar-refractivity contribution is -0.135. The van der Waals surface area contributed by atoms with E-state index in [1.54, 1.807) is 12.1 Å². The maximum absolute atomic E-state index is 10.6. The van der Waals surface area contributed by atoms with Gasteiger partial charge >= 0.3 is 11.9 Å². The van der Waals surface area contributed by atoms with E-state index in [1.165, 1.54) is 7.11 Å². The highest BCUT2D eigenvalue weighted by Crippen LogP contribution is 2.34. The molecule has 7 nitrogen and oxygen atoms in total. The zero-order valence-corrected chi connectivity index (χ0v) is 10.7. The Morgan fingerprint density at radius 3 is 1.84 bits per heavy atom. The van der Waals surface area contributed by atoms with Crippen molar-refractivity contribution in [2.24, 2.45) is 0 Å². The molecule has 0 saturated heterocycles. The van der Waals surface area contributed by atoms with Crippen molar-refractivity contribution in [3.8, 4) is 5.75 Å². The van der Waals surface area contributed by atoms with Gasteiger partial charge in [-0.05, 0) is 24.6 Å². The van der Waals surface area contributed by atoms with Gasteiger partial charge < -0.3 is 25.6 Å². The molecule has 0 fully saturated rings. The fraction of sp³-hybridized carbons (Fsp3) is 0.333. The van der Waals surface area contributed by atoms with Crippen molar-refractivity contribution in [1.82, 2.24) is 0 Å². The zero-order valence-electron chi connectivity index (χ0n) is 10.7. The summed E-state index contributed by atoms with van der Waals surface area (Å²) in [6, 6.07) is 3.46. The van der Waals surface area contributed by atoms with E-state index < -0.39 is 11.9 Å². The molecule has 0 unspecified atom stereocenters. The standard InChI is InChI=1S/C12H16N2O5/c1-7-3-8(13-5-10(15)16)12(19-2)9(4-7)14-6-11(17)18/h3-4,13-14H,5-6H2,1-2H3,(H,15,16)(H,17,18). The molecule has 0 amide bonds. The highest BCUT2D eigenvalue weighted by Gasteiger charge is 2.12. The van der Waals surface area contributed by atoms with E-state index in [-0.39, 0.29) is 13.1 Å². The molecule has 0 saturated carbocycles. The normalized spacial score (nSPS) is 9.79. The van der Waals surface area contributed by atoms with Crippen molar-refractivity contribution in [1.29, 1.82) is 0 Å². The molecule has 0 aliphatic carbocycles. The smallest absolute Gasteiger partial charge is 0.322 e. The Morgan fingerprint density at radius 1 is 1.11 bits per heavy atom. The summed E-state index contributed by atoms with van der Waals surface area (Å²) in [4.78, 5) is 21.1. The summed E-state index contributed by atoms with van der Waals surface area (Å²) in [6.45, 7) is 1.31. The Hall–Kier alpha value is -2.44. The molecule has 1 aromatic carbocycles. The van der Waals surface area contributed by atoms with E-state index in [0.717, 1.165) is 5.56 Å². The van der Waals surface area contributed by atoms with E-state index in [0.29, 0.717) is 17.1 Å². The first kappa shape index (κ1) is 14.6. The van der Waals surface area contributed by atoms with Crippen LogP contribution < -0.4 is 15.4 Å². The van der Waals surface area contributed by atoms with Crippen LogP contribution in [0.1, 0.15) is 5.56 Å². The van der Waals surface area contributed by atoms with E-state index >= 15 is 0 Å². The highest BCUT2D eigenvalue weighted by atomic mass is 16.5. The van der Waals surface area contributed by atoms with Gasteiger partial charge in [0.15, 0.2) is 5.75 Å². The molecule has 4 N–H and O–H groups in total. The van der Waals surface area contributed by atoms with Crippen molar-refractivity contribution in [3.05, 3.63) is 17.7 Å². The van der Waals surface area contributed by atoms with E-state index in [1.807, 2.05) is 6.92 Å². The molecule has 1 aromatic rings. The van der Waals surface area contributed by atoms with Crippen LogP contribution in [-0.2, 0) is 9.59 Å². The average Bonchev–Trinajstić information content (AvgIpc) is 2.33. The number of hydrogen-bond donors (Lipinski definition) is 4. The van der Waals surface area contributed by atoms with Crippen LogP contribution in [0.25, 0.3) is 0 Å². The van der Waals surface area contributed by atoms with E-state index in [4.69, 9.17) is 14.9 Å². The van der Waals surface area contributed by atoms with Crippen molar-refractivity contribution in [2.45, 2.75) is 6.92 Å². The minimum Gasteiger partial charge on any atom is -0.492 e. The molecule has 0 aliphatic heterocycles. The second kappa shape index (κ2) is 6.48.